The van der Waals surface area contributed by atoms with Gasteiger partial charge in [0.05, 0.1) is 0 Å². The predicted molar refractivity (Wildman–Crippen MR) is 46.0 cm³/mol. The van der Waals surface area contributed by atoms with Crippen LogP contribution < -0.4 is 11.6 Å². The van der Waals surface area contributed by atoms with Gasteiger partial charge in [-0.05, 0) is 7.05 Å². The Kier molecular flexibility index (Phi) is 3.02. The Morgan fingerprint density at radius 3 is 2.83 bits per heavy atom. The normalized spacial score (nSPS) is 27.3. The Hall–Kier alpha value is -0.650. The van der Waals surface area contributed by atoms with Crippen LogP contribution in [0.25, 0.3) is 0 Å². The summed E-state index contributed by atoms with van der Waals surface area (Å²) in [5, 5.41) is 1.73. The summed E-state index contributed by atoms with van der Waals surface area (Å²) in [7, 11) is 1.99. The minimum absolute atomic E-state index is 0.182. The summed E-state index contributed by atoms with van der Waals surface area (Å²) < 4.78 is 0. The van der Waals surface area contributed by atoms with Gasteiger partial charge in [-0.3, -0.25) is 10.6 Å². The lowest BCUT2D eigenvalue weighted by Gasteiger charge is -2.36. The van der Waals surface area contributed by atoms with Crippen LogP contribution in [-0.2, 0) is 4.79 Å². The van der Waals surface area contributed by atoms with Crippen LogP contribution in [0.5, 0.6) is 0 Å². The number of hydrogen-bond donors (Lipinski definition) is 2. The van der Waals surface area contributed by atoms with Gasteiger partial charge in [-0.2, -0.15) is 0 Å². The van der Waals surface area contributed by atoms with Gasteiger partial charge in [-0.25, -0.2) is 5.01 Å². The molecule has 0 aliphatic carbocycles. The number of carbonyl (C=O) groups is 1. The number of hydrogen-bond acceptors (Lipinski definition) is 4. The maximum atomic E-state index is 10.7. The van der Waals surface area contributed by atoms with Crippen LogP contribution in [0.2, 0.25) is 0 Å². The number of carbonyl (C=O) groups excluding carboxylic acids is 1. The molecule has 0 aromatic rings. The molecule has 4 N–H and O–H groups in total. The molecule has 0 aromatic carbocycles. The van der Waals surface area contributed by atoms with Crippen molar-refractivity contribution in [2.24, 2.45) is 11.6 Å². The molecule has 1 amide bonds. The molecule has 1 heterocycles. The smallest absolute Gasteiger partial charge is 0.219 e. The van der Waals surface area contributed by atoms with Crippen LogP contribution in [0.4, 0.5) is 0 Å². The van der Waals surface area contributed by atoms with Crippen molar-refractivity contribution in [1.82, 2.24) is 9.91 Å². The molecular formula is C7H16N4O. The summed E-state index contributed by atoms with van der Waals surface area (Å²) in [6.07, 6.45) is 0.393. The van der Waals surface area contributed by atoms with E-state index in [9.17, 15) is 4.79 Å². The molecule has 5 nitrogen and oxygen atoms in total. The fourth-order valence-electron chi connectivity index (χ4n) is 1.42. The molecule has 1 saturated heterocycles. The van der Waals surface area contributed by atoms with Crippen molar-refractivity contribution in [3.8, 4) is 0 Å². The van der Waals surface area contributed by atoms with E-state index in [1.165, 1.54) is 0 Å². The van der Waals surface area contributed by atoms with Crippen LogP contribution in [0, 0.1) is 0 Å². The van der Waals surface area contributed by atoms with Crippen molar-refractivity contribution in [3.05, 3.63) is 0 Å². The minimum atomic E-state index is -0.262. The van der Waals surface area contributed by atoms with Gasteiger partial charge in [0.2, 0.25) is 5.91 Å². The topological polar surface area (TPSA) is 75.6 Å². The summed E-state index contributed by atoms with van der Waals surface area (Å²) in [6, 6.07) is 0.182. The number of piperazine rings is 1. The van der Waals surface area contributed by atoms with Crippen molar-refractivity contribution in [2.75, 3.05) is 26.7 Å². The number of nitrogens with zero attached hydrogens (tertiary/aromatic N) is 2. The summed E-state index contributed by atoms with van der Waals surface area (Å²) in [6.45, 7) is 2.47. The van der Waals surface area contributed by atoms with Gasteiger partial charge in [-0.1, -0.05) is 0 Å². The summed E-state index contributed by atoms with van der Waals surface area (Å²) in [5.41, 5.74) is 5.11. The minimum Gasteiger partial charge on any atom is -0.370 e. The lowest BCUT2D eigenvalue weighted by molar-refractivity contribution is -0.119. The van der Waals surface area contributed by atoms with Gasteiger partial charge in [0, 0.05) is 32.1 Å². The summed E-state index contributed by atoms with van der Waals surface area (Å²) in [4.78, 5) is 12.8. The van der Waals surface area contributed by atoms with Crippen LogP contribution in [0.3, 0.4) is 0 Å². The molecule has 0 saturated carbocycles. The zero-order chi connectivity index (χ0) is 9.14. The van der Waals surface area contributed by atoms with Crippen LogP contribution >= 0.6 is 0 Å². The highest BCUT2D eigenvalue weighted by molar-refractivity contribution is 5.74. The average Bonchev–Trinajstić information content (AvgIpc) is 1.96. The van der Waals surface area contributed by atoms with E-state index in [1.54, 1.807) is 5.01 Å². The third-order valence-electron chi connectivity index (χ3n) is 2.25. The zero-order valence-corrected chi connectivity index (χ0v) is 7.36. The number of nitrogens with two attached hydrogens (primary N) is 2. The van der Waals surface area contributed by atoms with Gasteiger partial charge >= 0.3 is 0 Å². The van der Waals surface area contributed by atoms with E-state index in [1.807, 2.05) is 7.05 Å². The van der Waals surface area contributed by atoms with E-state index in [-0.39, 0.29) is 11.9 Å². The quantitative estimate of drug-likeness (QED) is 0.489. The summed E-state index contributed by atoms with van der Waals surface area (Å²) >= 11 is 0. The van der Waals surface area contributed by atoms with Crippen molar-refractivity contribution < 1.29 is 4.79 Å². The Labute approximate surface area is 72.3 Å². The molecule has 0 spiro atoms. The molecule has 70 valence electrons. The van der Waals surface area contributed by atoms with E-state index >= 15 is 0 Å². The SMILES string of the molecule is CN1CCN(N)CC1CC(N)=O. The predicted octanol–water partition coefficient (Wildman–Crippen LogP) is -1.65. The van der Waals surface area contributed by atoms with E-state index in [0.717, 1.165) is 19.6 Å². The van der Waals surface area contributed by atoms with Crippen molar-refractivity contribution >= 4 is 5.91 Å². The Morgan fingerprint density at radius 1 is 1.58 bits per heavy atom. The second-order valence-electron chi connectivity index (χ2n) is 3.30. The highest BCUT2D eigenvalue weighted by Gasteiger charge is 2.23. The lowest BCUT2D eigenvalue weighted by atomic mass is 10.1. The second-order valence-corrected chi connectivity index (χ2v) is 3.30. The molecule has 0 bridgehead atoms. The highest BCUT2D eigenvalue weighted by atomic mass is 16.1. The van der Waals surface area contributed by atoms with E-state index < -0.39 is 0 Å². The first-order valence-corrected chi connectivity index (χ1v) is 4.08. The average molecular weight is 172 g/mol. The molecule has 1 aliphatic rings. The molecule has 12 heavy (non-hydrogen) atoms. The van der Waals surface area contributed by atoms with Gasteiger partial charge in [-0.15, -0.1) is 0 Å². The zero-order valence-electron chi connectivity index (χ0n) is 7.36. The number of primary amides is 1. The number of amides is 1. The van der Waals surface area contributed by atoms with Gasteiger partial charge in [0.15, 0.2) is 0 Å². The maximum Gasteiger partial charge on any atom is 0.219 e. The lowest BCUT2D eigenvalue weighted by Crippen LogP contribution is -2.54. The number of rotatable bonds is 2. The second kappa shape index (κ2) is 3.84. The first-order valence-electron chi connectivity index (χ1n) is 4.08. The first kappa shape index (κ1) is 9.44. The molecule has 0 radical (unpaired) electrons. The molecule has 1 aliphatic heterocycles. The van der Waals surface area contributed by atoms with Gasteiger partial charge < -0.3 is 10.6 Å². The maximum absolute atomic E-state index is 10.7. The van der Waals surface area contributed by atoms with Crippen LogP contribution in [0.15, 0.2) is 0 Å². The fraction of sp³-hybridized carbons (Fsp3) is 0.857. The summed E-state index contributed by atoms with van der Waals surface area (Å²) in [5.74, 6) is 5.36. The Bertz CT molecular complexity index is 173. The molecule has 1 atom stereocenters. The van der Waals surface area contributed by atoms with Crippen molar-refractivity contribution in [1.29, 1.82) is 0 Å². The molecule has 1 rings (SSSR count). The largest absolute Gasteiger partial charge is 0.370 e. The standard InChI is InChI=1S/C7H16N4O/c1-10-2-3-11(9)5-6(10)4-7(8)12/h6H,2-5,9H2,1H3,(H2,8,12). The highest BCUT2D eigenvalue weighted by Crippen LogP contribution is 2.07. The molecular weight excluding hydrogens is 156 g/mol. The number of hydrazine groups is 1. The van der Waals surface area contributed by atoms with Gasteiger partial charge in [0.25, 0.3) is 0 Å². The first-order chi connectivity index (χ1) is 5.59. The van der Waals surface area contributed by atoms with Crippen molar-refractivity contribution in [2.45, 2.75) is 12.5 Å². The molecule has 1 fully saturated rings. The van der Waals surface area contributed by atoms with Crippen LogP contribution in [0.1, 0.15) is 6.42 Å². The third kappa shape index (κ3) is 2.44. The van der Waals surface area contributed by atoms with E-state index in [4.69, 9.17) is 11.6 Å². The molecule has 5 heteroatoms. The van der Waals surface area contributed by atoms with Crippen LogP contribution in [-0.4, -0.2) is 48.5 Å². The molecule has 1 unspecified atom stereocenters. The van der Waals surface area contributed by atoms with E-state index in [0.29, 0.717) is 6.42 Å². The molecule has 0 aromatic heterocycles. The van der Waals surface area contributed by atoms with Crippen molar-refractivity contribution in [3.63, 3.8) is 0 Å². The third-order valence-corrected chi connectivity index (χ3v) is 2.25. The number of likely N-dealkylation sites (N-methyl/N-ethyl adjacent to an activating group) is 1. The fourth-order valence-corrected chi connectivity index (χ4v) is 1.42. The van der Waals surface area contributed by atoms with E-state index in [2.05, 4.69) is 4.90 Å². The Balaban J connectivity index is 2.43. The Morgan fingerprint density at radius 2 is 2.25 bits per heavy atom. The monoisotopic (exact) mass is 172 g/mol. The van der Waals surface area contributed by atoms with Gasteiger partial charge in [0.1, 0.15) is 0 Å².